The highest BCUT2D eigenvalue weighted by atomic mass is 16.5. The SMILES string of the molecule is Cc1nn(-c2ccc3onc(N)c3c2)c2c(=O)n(-c3ccc(-n4ccnc4C)cc3)cnc12. The Labute approximate surface area is 186 Å². The molecule has 0 atom stereocenters. The first-order valence-electron chi connectivity index (χ1n) is 10.2. The average Bonchev–Trinajstić information content (AvgIpc) is 3.52. The van der Waals surface area contributed by atoms with Crippen molar-refractivity contribution in [2.24, 2.45) is 0 Å². The van der Waals surface area contributed by atoms with Crippen LogP contribution in [-0.4, -0.2) is 34.0 Å². The lowest BCUT2D eigenvalue weighted by Gasteiger charge is -2.09. The highest BCUT2D eigenvalue weighted by molar-refractivity contribution is 5.89. The minimum absolute atomic E-state index is 0.231. The summed E-state index contributed by atoms with van der Waals surface area (Å²) < 4.78 is 10.3. The van der Waals surface area contributed by atoms with E-state index in [-0.39, 0.29) is 11.4 Å². The van der Waals surface area contributed by atoms with Crippen molar-refractivity contribution in [1.82, 2.24) is 34.0 Å². The second-order valence-corrected chi connectivity index (χ2v) is 7.72. The monoisotopic (exact) mass is 438 g/mol. The molecular formula is C23H18N8O2. The van der Waals surface area contributed by atoms with Crippen LogP contribution in [0.3, 0.4) is 0 Å². The average molecular weight is 438 g/mol. The number of fused-ring (bicyclic) bond motifs is 2. The lowest BCUT2D eigenvalue weighted by atomic mass is 10.2. The Balaban J connectivity index is 1.51. The summed E-state index contributed by atoms with van der Waals surface area (Å²) in [6, 6.07) is 13.0. The van der Waals surface area contributed by atoms with Gasteiger partial charge in [-0.05, 0) is 56.3 Å². The van der Waals surface area contributed by atoms with Crippen molar-refractivity contribution in [2.45, 2.75) is 13.8 Å². The van der Waals surface area contributed by atoms with Gasteiger partial charge in [-0.1, -0.05) is 5.16 Å². The lowest BCUT2D eigenvalue weighted by Crippen LogP contribution is -2.21. The molecule has 4 aromatic heterocycles. The molecule has 10 nitrogen and oxygen atoms in total. The number of nitrogens with two attached hydrogens (primary N) is 1. The molecule has 33 heavy (non-hydrogen) atoms. The Bertz CT molecular complexity index is 1720. The molecule has 0 saturated carbocycles. The number of nitrogen functional groups attached to an aromatic ring is 1. The van der Waals surface area contributed by atoms with Gasteiger partial charge < -0.3 is 14.8 Å². The number of hydrogen-bond donors (Lipinski definition) is 1. The molecule has 6 aromatic rings. The summed E-state index contributed by atoms with van der Waals surface area (Å²) in [5, 5.41) is 9.02. The Morgan fingerprint density at radius 3 is 2.39 bits per heavy atom. The topological polar surface area (TPSA) is 123 Å². The quantitative estimate of drug-likeness (QED) is 0.450. The van der Waals surface area contributed by atoms with Crippen molar-refractivity contribution in [3.05, 3.63) is 83.1 Å². The highest BCUT2D eigenvalue weighted by Gasteiger charge is 2.18. The van der Waals surface area contributed by atoms with Crippen LogP contribution in [0.1, 0.15) is 11.5 Å². The lowest BCUT2D eigenvalue weighted by molar-refractivity contribution is 0.460. The third kappa shape index (κ3) is 2.84. The first kappa shape index (κ1) is 19.0. The first-order valence-corrected chi connectivity index (χ1v) is 10.2. The predicted molar refractivity (Wildman–Crippen MR) is 123 cm³/mol. The molecule has 10 heteroatoms. The first-order chi connectivity index (χ1) is 16.0. The second kappa shape index (κ2) is 6.89. The fourth-order valence-electron chi connectivity index (χ4n) is 4.02. The predicted octanol–water partition coefficient (Wildman–Crippen LogP) is 3.10. The fraction of sp³-hybridized carbons (Fsp3) is 0.0870. The van der Waals surface area contributed by atoms with Crippen LogP contribution >= 0.6 is 0 Å². The van der Waals surface area contributed by atoms with E-state index < -0.39 is 0 Å². The van der Waals surface area contributed by atoms with Crippen LogP contribution in [0.25, 0.3) is 39.1 Å². The minimum Gasteiger partial charge on any atom is -0.380 e. The fourth-order valence-corrected chi connectivity index (χ4v) is 4.02. The number of aromatic nitrogens is 7. The molecule has 0 saturated heterocycles. The zero-order valence-corrected chi connectivity index (χ0v) is 17.8. The normalized spacial score (nSPS) is 11.6. The smallest absolute Gasteiger partial charge is 0.284 e. The summed E-state index contributed by atoms with van der Waals surface area (Å²) in [7, 11) is 0. The van der Waals surface area contributed by atoms with Gasteiger partial charge in [0.05, 0.1) is 22.5 Å². The van der Waals surface area contributed by atoms with E-state index in [0.29, 0.717) is 39.1 Å². The standard InChI is InChI=1S/C23H18N8O2/c1-13-20-21(31(27-13)17-7-8-19-18(11-17)22(24)28-33-19)23(32)30(12-26-20)16-5-3-15(4-6-16)29-10-9-25-14(29)2/h3-12H,1-2H3,(H2,24,28). The van der Waals surface area contributed by atoms with Gasteiger partial charge in [0.15, 0.2) is 16.9 Å². The van der Waals surface area contributed by atoms with Gasteiger partial charge in [-0.25, -0.2) is 14.6 Å². The van der Waals surface area contributed by atoms with E-state index in [1.807, 2.05) is 48.9 Å². The van der Waals surface area contributed by atoms with E-state index in [1.54, 1.807) is 29.1 Å². The van der Waals surface area contributed by atoms with Gasteiger partial charge in [0, 0.05) is 18.1 Å². The summed E-state index contributed by atoms with van der Waals surface area (Å²) in [5.41, 5.74) is 10.1. The molecule has 0 bridgehead atoms. The van der Waals surface area contributed by atoms with Gasteiger partial charge in [-0.3, -0.25) is 9.36 Å². The van der Waals surface area contributed by atoms with Gasteiger partial charge >= 0.3 is 0 Å². The van der Waals surface area contributed by atoms with Crippen LogP contribution in [0.15, 0.2) is 70.5 Å². The van der Waals surface area contributed by atoms with E-state index in [0.717, 1.165) is 11.5 Å². The number of hydrogen-bond acceptors (Lipinski definition) is 7. The van der Waals surface area contributed by atoms with Crippen molar-refractivity contribution in [1.29, 1.82) is 0 Å². The summed E-state index contributed by atoms with van der Waals surface area (Å²) in [5.74, 6) is 1.16. The van der Waals surface area contributed by atoms with Crippen molar-refractivity contribution in [2.75, 3.05) is 5.73 Å². The molecule has 0 aliphatic carbocycles. The Morgan fingerprint density at radius 2 is 1.67 bits per heavy atom. The Morgan fingerprint density at radius 1 is 0.939 bits per heavy atom. The minimum atomic E-state index is -0.231. The van der Waals surface area contributed by atoms with Gasteiger partial charge in [0.2, 0.25) is 0 Å². The molecule has 0 unspecified atom stereocenters. The molecular weight excluding hydrogens is 420 g/mol. The number of nitrogens with zero attached hydrogens (tertiary/aromatic N) is 7. The van der Waals surface area contributed by atoms with Gasteiger partial charge in [-0.15, -0.1) is 0 Å². The molecule has 2 N–H and O–H groups in total. The third-order valence-electron chi connectivity index (χ3n) is 5.71. The van der Waals surface area contributed by atoms with E-state index in [1.165, 1.54) is 10.9 Å². The number of benzene rings is 2. The number of aryl methyl sites for hydroxylation is 2. The van der Waals surface area contributed by atoms with E-state index in [2.05, 4.69) is 20.2 Å². The number of rotatable bonds is 3. The van der Waals surface area contributed by atoms with E-state index in [4.69, 9.17) is 10.3 Å². The molecule has 2 aromatic carbocycles. The molecule has 6 rings (SSSR count). The van der Waals surface area contributed by atoms with Crippen LogP contribution in [0.5, 0.6) is 0 Å². The van der Waals surface area contributed by atoms with Gasteiger partial charge in [0.1, 0.15) is 17.7 Å². The van der Waals surface area contributed by atoms with Crippen molar-refractivity contribution in [3.8, 4) is 17.1 Å². The molecule has 162 valence electrons. The molecule has 0 fully saturated rings. The molecule has 0 amide bonds. The second-order valence-electron chi connectivity index (χ2n) is 7.72. The molecule has 0 radical (unpaired) electrons. The van der Waals surface area contributed by atoms with Gasteiger partial charge in [0.25, 0.3) is 5.56 Å². The largest absolute Gasteiger partial charge is 0.380 e. The van der Waals surface area contributed by atoms with E-state index >= 15 is 0 Å². The summed E-state index contributed by atoms with van der Waals surface area (Å²) in [4.78, 5) is 22.4. The van der Waals surface area contributed by atoms with Crippen LogP contribution in [0.4, 0.5) is 5.82 Å². The highest BCUT2D eigenvalue weighted by Crippen LogP contribution is 2.25. The van der Waals surface area contributed by atoms with Crippen molar-refractivity contribution < 1.29 is 4.52 Å². The maximum absolute atomic E-state index is 13.6. The van der Waals surface area contributed by atoms with Crippen molar-refractivity contribution in [3.63, 3.8) is 0 Å². The summed E-state index contributed by atoms with van der Waals surface area (Å²) >= 11 is 0. The summed E-state index contributed by atoms with van der Waals surface area (Å²) in [6.45, 7) is 3.76. The molecule has 0 aliphatic rings. The number of imidazole rings is 1. The van der Waals surface area contributed by atoms with Crippen molar-refractivity contribution >= 4 is 27.8 Å². The zero-order chi connectivity index (χ0) is 22.7. The zero-order valence-electron chi connectivity index (χ0n) is 17.8. The molecule has 4 heterocycles. The van der Waals surface area contributed by atoms with E-state index in [9.17, 15) is 4.79 Å². The maximum atomic E-state index is 13.6. The Hall–Kier alpha value is -4.73. The van der Waals surface area contributed by atoms with Crippen LogP contribution in [0, 0.1) is 13.8 Å². The Kier molecular flexibility index (Phi) is 3.96. The van der Waals surface area contributed by atoms with Crippen LogP contribution < -0.4 is 11.3 Å². The number of anilines is 1. The van der Waals surface area contributed by atoms with Crippen LogP contribution in [0.2, 0.25) is 0 Å². The molecule has 0 spiro atoms. The third-order valence-corrected chi connectivity index (χ3v) is 5.71. The maximum Gasteiger partial charge on any atom is 0.284 e. The van der Waals surface area contributed by atoms with Crippen LogP contribution in [-0.2, 0) is 0 Å². The molecule has 0 aliphatic heterocycles. The summed E-state index contributed by atoms with van der Waals surface area (Å²) in [6.07, 6.45) is 5.17. The van der Waals surface area contributed by atoms with Gasteiger partial charge in [-0.2, -0.15) is 5.10 Å².